The van der Waals surface area contributed by atoms with E-state index in [0.29, 0.717) is 26.3 Å². The number of ether oxygens (including phenoxy) is 1. The molecule has 0 atom stereocenters. The average molecular weight is 306 g/mol. The number of carboxylic acids is 1. The van der Waals surface area contributed by atoms with Crippen LogP contribution in [0.5, 0.6) is 0 Å². The lowest BCUT2D eigenvalue weighted by Gasteiger charge is -2.28. The lowest BCUT2D eigenvalue weighted by atomic mass is 10.1. The summed E-state index contributed by atoms with van der Waals surface area (Å²) >= 11 is 0. The number of rotatable bonds is 4. The second-order valence-electron chi connectivity index (χ2n) is 5.04. The fourth-order valence-electron chi connectivity index (χ4n) is 2.19. The smallest absolute Gasteiger partial charge is 0.335 e. The third-order valence-corrected chi connectivity index (χ3v) is 3.44. The zero-order valence-electron chi connectivity index (χ0n) is 12.3. The van der Waals surface area contributed by atoms with Gasteiger partial charge in [-0.25, -0.2) is 4.79 Å². The van der Waals surface area contributed by atoms with Crippen molar-refractivity contribution in [2.45, 2.75) is 0 Å². The zero-order valence-corrected chi connectivity index (χ0v) is 12.3. The molecule has 2 amide bonds. The van der Waals surface area contributed by atoms with Crippen molar-refractivity contribution in [1.82, 2.24) is 9.80 Å². The minimum absolute atomic E-state index is 0.0405. The van der Waals surface area contributed by atoms with Crippen molar-refractivity contribution in [1.29, 1.82) is 0 Å². The first-order chi connectivity index (χ1) is 10.5. The van der Waals surface area contributed by atoms with E-state index in [1.165, 1.54) is 36.2 Å². The molecule has 2 rings (SSSR count). The van der Waals surface area contributed by atoms with Crippen molar-refractivity contribution in [2.75, 3.05) is 39.9 Å². The lowest BCUT2D eigenvalue weighted by molar-refractivity contribution is -0.135. The van der Waals surface area contributed by atoms with Gasteiger partial charge in [-0.15, -0.1) is 0 Å². The molecule has 0 bridgehead atoms. The number of likely N-dealkylation sites (N-methyl/N-ethyl adjacent to an activating group) is 1. The summed E-state index contributed by atoms with van der Waals surface area (Å²) in [7, 11) is 1.52. The van der Waals surface area contributed by atoms with Gasteiger partial charge in [0.15, 0.2) is 0 Å². The van der Waals surface area contributed by atoms with Gasteiger partial charge >= 0.3 is 5.97 Å². The van der Waals surface area contributed by atoms with Crippen molar-refractivity contribution in [3.8, 4) is 0 Å². The first kappa shape index (κ1) is 16.0. The number of benzene rings is 1. The van der Waals surface area contributed by atoms with Crippen LogP contribution in [-0.4, -0.2) is 72.6 Å². The summed E-state index contributed by atoms with van der Waals surface area (Å²) in [5, 5.41) is 8.95. The van der Waals surface area contributed by atoms with Crippen LogP contribution in [0, 0.1) is 0 Å². The molecule has 0 aromatic heterocycles. The minimum atomic E-state index is -1.10. The van der Waals surface area contributed by atoms with Crippen LogP contribution in [0.3, 0.4) is 0 Å². The largest absolute Gasteiger partial charge is 0.478 e. The SMILES string of the molecule is CN(CC(=O)N1CCOCC1)C(=O)c1cccc(C(=O)O)c1. The molecule has 1 fully saturated rings. The number of carbonyl (C=O) groups excluding carboxylic acids is 2. The average Bonchev–Trinajstić information content (AvgIpc) is 2.54. The van der Waals surface area contributed by atoms with Gasteiger partial charge in [0.05, 0.1) is 25.3 Å². The Morgan fingerprint density at radius 3 is 2.50 bits per heavy atom. The molecule has 0 aliphatic carbocycles. The molecule has 0 saturated carbocycles. The van der Waals surface area contributed by atoms with Gasteiger partial charge in [0.2, 0.25) is 5.91 Å². The molecule has 1 N–H and O–H groups in total. The molecule has 1 aromatic carbocycles. The number of carboxylic acid groups (broad SMARTS) is 1. The van der Waals surface area contributed by atoms with Crippen LogP contribution in [0.15, 0.2) is 24.3 Å². The predicted molar refractivity (Wildman–Crippen MR) is 77.8 cm³/mol. The van der Waals surface area contributed by atoms with E-state index in [1.807, 2.05) is 0 Å². The van der Waals surface area contributed by atoms with E-state index >= 15 is 0 Å². The Morgan fingerprint density at radius 2 is 1.86 bits per heavy atom. The van der Waals surface area contributed by atoms with Gasteiger partial charge in [0.25, 0.3) is 5.91 Å². The van der Waals surface area contributed by atoms with Crippen LogP contribution in [0.1, 0.15) is 20.7 Å². The summed E-state index contributed by atoms with van der Waals surface area (Å²) in [4.78, 5) is 38.3. The fourth-order valence-corrected chi connectivity index (χ4v) is 2.19. The Morgan fingerprint density at radius 1 is 1.23 bits per heavy atom. The van der Waals surface area contributed by atoms with Crippen molar-refractivity contribution < 1.29 is 24.2 Å². The number of nitrogens with zero attached hydrogens (tertiary/aromatic N) is 2. The van der Waals surface area contributed by atoms with Gasteiger partial charge < -0.3 is 19.6 Å². The van der Waals surface area contributed by atoms with Gasteiger partial charge in [0, 0.05) is 25.7 Å². The number of amides is 2. The maximum absolute atomic E-state index is 12.3. The summed E-state index contributed by atoms with van der Waals surface area (Å²) in [5.41, 5.74) is 0.288. The van der Waals surface area contributed by atoms with E-state index in [1.54, 1.807) is 4.90 Å². The maximum Gasteiger partial charge on any atom is 0.335 e. The maximum atomic E-state index is 12.3. The zero-order chi connectivity index (χ0) is 16.1. The quantitative estimate of drug-likeness (QED) is 0.865. The van der Waals surface area contributed by atoms with Crippen molar-refractivity contribution in [3.63, 3.8) is 0 Å². The highest BCUT2D eigenvalue weighted by atomic mass is 16.5. The molecule has 22 heavy (non-hydrogen) atoms. The van der Waals surface area contributed by atoms with E-state index in [-0.39, 0.29) is 29.5 Å². The van der Waals surface area contributed by atoms with E-state index < -0.39 is 5.97 Å². The van der Waals surface area contributed by atoms with Crippen LogP contribution < -0.4 is 0 Å². The minimum Gasteiger partial charge on any atom is -0.478 e. The Balaban J connectivity index is 2.00. The number of hydrogen-bond acceptors (Lipinski definition) is 4. The molecule has 1 aromatic rings. The molecule has 7 nitrogen and oxygen atoms in total. The van der Waals surface area contributed by atoms with Gasteiger partial charge in [-0.05, 0) is 18.2 Å². The van der Waals surface area contributed by atoms with Crippen LogP contribution in [0.25, 0.3) is 0 Å². The number of morpholine rings is 1. The summed E-state index contributed by atoms with van der Waals surface area (Å²) in [6.45, 7) is 2.01. The van der Waals surface area contributed by atoms with Crippen molar-refractivity contribution >= 4 is 17.8 Å². The van der Waals surface area contributed by atoms with Gasteiger partial charge in [-0.2, -0.15) is 0 Å². The number of aromatic carboxylic acids is 1. The number of hydrogen-bond donors (Lipinski definition) is 1. The Labute approximate surface area is 128 Å². The summed E-state index contributed by atoms with van der Waals surface area (Å²) in [6.07, 6.45) is 0. The molecule has 1 aliphatic heterocycles. The predicted octanol–water partition coefficient (Wildman–Crippen LogP) is 0.316. The van der Waals surface area contributed by atoms with Crippen LogP contribution in [-0.2, 0) is 9.53 Å². The molecule has 7 heteroatoms. The van der Waals surface area contributed by atoms with E-state index in [4.69, 9.17) is 9.84 Å². The van der Waals surface area contributed by atoms with Crippen molar-refractivity contribution in [2.24, 2.45) is 0 Å². The molecule has 0 radical (unpaired) electrons. The molecule has 1 saturated heterocycles. The van der Waals surface area contributed by atoms with E-state index in [2.05, 4.69) is 0 Å². The lowest BCUT2D eigenvalue weighted by Crippen LogP contribution is -2.46. The van der Waals surface area contributed by atoms with Crippen LogP contribution in [0.4, 0.5) is 0 Å². The molecular formula is C15H18N2O5. The molecule has 0 spiro atoms. The summed E-state index contributed by atoms with van der Waals surface area (Å²) < 4.78 is 5.18. The van der Waals surface area contributed by atoms with Gasteiger partial charge in [0.1, 0.15) is 0 Å². The normalized spacial score (nSPS) is 14.5. The molecule has 118 valence electrons. The van der Waals surface area contributed by atoms with Crippen molar-refractivity contribution in [3.05, 3.63) is 35.4 Å². The highest BCUT2D eigenvalue weighted by Crippen LogP contribution is 2.09. The molecular weight excluding hydrogens is 288 g/mol. The Kier molecular flexibility index (Phi) is 5.11. The first-order valence-electron chi connectivity index (χ1n) is 6.93. The fraction of sp³-hybridized carbons (Fsp3) is 0.400. The van der Waals surface area contributed by atoms with E-state index in [9.17, 15) is 14.4 Å². The standard InChI is InChI=1S/C15H18N2O5/c1-16(10-13(18)17-5-7-22-8-6-17)14(19)11-3-2-4-12(9-11)15(20)21/h2-4,9H,5-8,10H2,1H3,(H,20,21). The van der Waals surface area contributed by atoms with Crippen LogP contribution in [0.2, 0.25) is 0 Å². The van der Waals surface area contributed by atoms with Gasteiger partial charge in [-0.3, -0.25) is 9.59 Å². The second-order valence-corrected chi connectivity index (χ2v) is 5.04. The summed E-state index contributed by atoms with van der Waals surface area (Å²) in [6, 6.07) is 5.76. The first-order valence-corrected chi connectivity index (χ1v) is 6.93. The van der Waals surface area contributed by atoms with Crippen LogP contribution >= 0.6 is 0 Å². The second kappa shape index (κ2) is 7.04. The highest BCUT2D eigenvalue weighted by Gasteiger charge is 2.21. The highest BCUT2D eigenvalue weighted by molar-refractivity contribution is 5.98. The molecule has 1 aliphatic rings. The molecule has 1 heterocycles. The third kappa shape index (κ3) is 3.82. The monoisotopic (exact) mass is 306 g/mol. The topological polar surface area (TPSA) is 87.2 Å². The Hall–Kier alpha value is -2.41. The Bertz CT molecular complexity index is 581. The van der Waals surface area contributed by atoms with E-state index in [0.717, 1.165) is 0 Å². The van der Waals surface area contributed by atoms with Gasteiger partial charge in [-0.1, -0.05) is 6.07 Å². The number of carbonyl (C=O) groups is 3. The molecule has 0 unspecified atom stereocenters. The third-order valence-electron chi connectivity index (χ3n) is 3.44. The summed E-state index contributed by atoms with van der Waals surface area (Å²) in [5.74, 6) is -1.63.